The van der Waals surface area contributed by atoms with Gasteiger partial charge in [-0.2, -0.15) is 0 Å². The number of benzene rings is 1. The number of halogens is 1. The molecule has 0 saturated carbocycles. The maximum absolute atomic E-state index is 12.8. The average molecular weight is 466 g/mol. The van der Waals surface area contributed by atoms with Crippen molar-refractivity contribution in [3.63, 3.8) is 0 Å². The van der Waals surface area contributed by atoms with Gasteiger partial charge in [0.25, 0.3) is 5.91 Å². The Morgan fingerprint density at radius 3 is 2.78 bits per heavy atom. The largest absolute Gasteiger partial charge is 0.433 e. The minimum absolute atomic E-state index is 0.0186. The van der Waals surface area contributed by atoms with E-state index in [0.717, 1.165) is 5.56 Å². The molecule has 3 rings (SSSR count). The number of carbonyl (C=O) groups is 4. The number of rotatable bonds is 8. The third-order valence-electron chi connectivity index (χ3n) is 5.60. The molecular formula is C22H28ClN3O6. The Balaban J connectivity index is 1.57. The predicted octanol–water partition coefficient (Wildman–Crippen LogP) is 1.42. The van der Waals surface area contributed by atoms with Crippen LogP contribution in [0.15, 0.2) is 18.2 Å². The van der Waals surface area contributed by atoms with Gasteiger partial charge in [-0.3, -0.25) is 19.2 Å². The van der Waals surface area contributed by atoms with E-state index in [1.54, 1.807) is 19.1 Å². The Hall–Kier alpha value is -2.65. The third-order valence-corrected chi connectivity index (χ3v) is 6.05. The number of ether oxygens (including phenoxy) is 2. The van der Waals surface area contributed by atoms with E-state index in [4.69, 9.17) is 21.1 Å². The number of cyclic esters (lactones) is 1. The minimum Gasteiger partial charge on any atom is -0.433 e. The van der Waals surface area contributed by atoms with Gasteiger partial charge in [0.2, 0.25) is 18.1 Å². The van der Waals surface area contributed by atoms with Gasteiger partial charge >= 0.3 is 5.97 Å². The first kappa shape index (κ1) is 24.0. The smallest absolute Gasteiger partial charge is 0.310 e. The Bertz CT molecular complexity index is 892. The summed E-state index contributed by atoms with van der Waals surface area (Å²) in [6, 6.07) is 3.92. The number of carbonyl (C=O) groups excluding carboxylic acids is 4. The highest BCUT2D eigenvalue weighted by atomic mass is 35.5. The molecule has 0 radical (unpaired) electrons. The van der Waals surface area contributed by atoms with Gasteiger partial charge in [0.05, 0.1) is 23.6 Å². The summed E-state index contributed by atoms with van der Waals surface area (Å²) >= 11 is 6.28. The van der Waals surface area contributed by atoms with Crippen LogP contribution in [-0.4, -0.2) is 66.7 Å². The van der Waals surface area contributed by atoms with Gasteiger partial charge in [-0.1, -0.05) is 30.7 Å². The fraction of sp³-hybridized carbons (Fsp3) is 0.545. The lowest BCUT2D eigenvalue weighted by molar-refractivity contribution is -0.164. The molecule has 1 aromatic carbocycles. The van der Waals surface area contributed by atoms with Gasteiger partial charge in [0, 0.05) is 13.2 Å². The molecule has 10 heteroatoms. The summed E-state index contributed by atoms with van der Waals surface area (Å²) in [6.45, 7) is 4.20. The average Bonchev–Trinajstić information content (AvgIpc) is 3.39. The summed E-state index contributed by atoms with van der Waals surface area (Å²) in [5, 5.41) is 5.74. The molecule has 2 aliphatic rings. The van der Waals surface area contributed by atoms with E-state index < -0.39 is 30.3 Å². The van der Waals surface area contributed by atoms with Gasteiger partial charge in [0.15, 0.2) is 0 Å². The molecule has 0 spiro atoms. The number of nitrogens with one attached hydrogen (secondary N) is 2. The van der Waals surface area contributed by atoms with Crippen LogP contribution in [0.2, 0.25) is 5.02 Å². The summed E-state index contributed by atoms with van der Waals surface area (Å²) < 4.78 is 10.4. The fourth-order valence-electron chi connectivity index (χ4n) is 3.97. The summed E-state index contributed by atoms with van der Waals surface area (Å²) in [7, 11) is 0. The predicted molar refractivity (Wildman–Crippen MR) is 116 cm³/mol. The molecule has 3 amide bonds. The zero-order chi connectivity index (χ0) is 23.3. The van der Waals surface area contributed by atoms with Crippen molar-refractivity contribution in [2.75, 3.05) is 19.7 Å². The van der Waals surface area contributed by atoms with Gasteiger partial charge in [0.1, 0.15) is 12.1 Å². The monoisotopic (exact) mass is 465 g/mol. The lowest BCUT2D eigenvalue weighted by atomic mass is 10.1. The van der Waals surface area contributed by atoms with Crippen molar-refractivity contribution in [1.29, 1.82) is 0 Å². The zero-order valence-corrected chi connectivity index (χ0v) is 18.9. The summed E-state index contributed by atoms with van der Waals surface area (Å²) in [5.74, 6) is -1.62. The van der Waals surface area contributed by atoms with Crippen LogP contribution in [0.25, 0.3) is 0 Å². The minimum atomic E-state index is -0.829. The van der Waals surface area contributed by atoms with E-state index in [9.17, 15) is 19.2 Å². The Labute approximate surface area is 191 Å². The highest BCUT2D eigenvalue weighted by Crippen LogP contribution is 2.22. The Morgan fingerprint density at radius 1 is 1.28 bits per heavy atom. The van der Waals surface area contributed by atoms with Crippen molar-refractivity contribution in [2.45, 2.75) is 57.9 Å². The first-order chi connectivity index (χ1) is 15.3. The molecule has 2 N–H and O–H groups in total. The van der Waals surface area contributed by atoms with Crippen molar-refractivity contribution >= 4 is 35.3 Å². The van der Waals surface area contributed by atoms with E-state index in [-0.39, 0.29) is 24.8 Å². The van der Waals surface area contributed by atoms with Crippen LogP contribution in [0.3, 0.4) is 0 Å². The van der Waals surface area contributed by atoms with Crippen LogP contribution in [-0.2, 0) is 30.3 Å². The SMILES string of the molecule is CCO[C@@H]1OC(=O)C[C@@H]1NC(=O)[C@@H]1CCCN1C(=O)CNC(=O)c1cccc(CC)c1Cl. The maximum Gasteiger partial charge on any atom is 0.310 e. The molecule has 2 saturated heterocycles. The van der Waals surface area contributed by atoms with E-state index in [2.05, 4.69) is 10.6 Å². The fourth-order valence-corrected chi connectivity index (χ4v) is 4.31. The van der Waals surface area contributed by atoms with Gasteiger partial charge in [-0.15, -0.1) is 0 Å². The second-order valence-electron chi connectivity index (χ2n) is 7.69. The molecule has 1 aromatic rings. The number of likely N-dealkylation sites (tertiary alicyclic amines) is 1. The molecule has 174 valence electrons. The molecule has 2 aliphatic heterocycles. The lowest BCUT2D eigenvalue weighted by Gasteiger charge is -2.26. The summed E-state index contributed by atoms with van der Waals surface area (Å²) in [6.07, 6.45) is 1.04. The first-order valence-electron chi connectivity index (χ1n) is 10.8. The standard InChI is InChI=1S/C22H28ClN3O6/c1-3-13-7-5-8-14(19(13)23)20(29)24-12-17(27)26-10-6-9-16(26)21(30)25-15-11-18(28)32-22(15)31-4-2/h5,7-8,15-16,22H,3-4,6,9-12H2,1-2H3,(H,24,29)(H,25,30)/t15-,16-,22+/m0/s1. The molecule has 3 atom stereocenters. The number of nitrogens with zero attached hydrogens (tertiary/aromatic N) is 1. The number of amides is 3. The van der Waals surface area contributed by atoms with Gasteiger partial charge in [-0.25, -0.2) is 0 Å². The molecule has 0 unspecified atom stereocenters. The topological polar surface area (TPSA) is 114 Å². The lowest BCUT2D eigenvalue weighted by Crippen LogP contribution is -2.52. The zero-order valence-electron chi connectivity index (χ0n) is 18.2. The highest BCUT2D eigenvalue weighted by Gasteiger charge is 2.40. The van der Waals surface area contributed by atoms with Crippen LogP contribution in [0.1, 0.15) is 49.0 Å². The Kier molecular flexibility index (Phi) is 8.09. The van der Waals surface area contributed by atoms with E-state index in [1.807, 2.05) is 13.0 Å². The van der Waals surface area contributed by atoms with Crippen molar-refractivity contribution in [2.24, 2.45) is 0 Å². The van der Waals surface area contributed by atoms with E-state index in [0.29, 0.717) is 43.0 Å². The molecule has 0 aromatic heterocycles. The number of esters is 1. The number of aryl methyl sites for hydroxylation is 1. The third kappa shape index (κ3) is 5.39. The van der Waals surface area contributed by atoms with Crippen LogP contribution in [0.5, 0.6) is 0 Å². The van der Waals surface area contributed by atoms with E-state index in [1.165, 1.54) is 4.90 Å². The molecule has 0 bridgehead atoms. The molecule has 32 heavy (non-hydrogen) atoms. The van der Waals surface area contributed by atoms with Crippen LogP contribution in [0.4, 0.5) is 0 Å². The molecular weight excluding hydrogens is 438 g/mol. The van der Waals surface area contributed by atoms with Gasteiger partial charge in [-0.05, 0) is 37.8 Å². The molecule has 9 nitrogen and oxygen atoms in total. The second-order valence-corrected chi connectivity index (χ2v) is 8.07. The Morgan fingerprint density at radius 2 is 2.06 bits per heavy atom. The maximum atomic E-state index is 12.8. The van der Waals surface area contributed by atoms with Crippen molar-refractivity contribution in [3.8, 4) is 0 Å². The van der Waals surface area contributed by atoms with Crippen molar-refractivity contribution < 1.29 is 28.7 Å². The van der Waals surface area contributed by atoms with Crippen LogP contribution < -0.4 is 10.6 Å². The van der Waals surface area contributed by atoms with Gasteiger partial charge < -0.3 is 25.0 Å². The van der Waals surface area contributed by atoms with Crippen molar-refractivity contribution in [1.82, 2.24) is 15.5 Å². The second kappa shape index (κ2) is 10.8. The number of hydrogen-bond donors (Lipinski definition) is 2. The summed E-state index contributed by atoms with van der Waals surface area (Å²) in [4.78, 5) is 51.1. The first-order valence-corrected chi connectivity index (χ1v) is 11.2. The molecule has 2 heterocycles. The number of hydrogen-bond acceptors (Lipinski definition) is 6. The highest BCUT2D eigenvalue weighted by molar-refractivity contribution is 6.34. The normalized spacial score (nSPS) is 22.5. The van der Waals surface area contributed by atoms with E-state index >= 15 is 0 Å². The van der Waals surface area contributed by atoms with Crippen LogP contribution in [0, 0.1) is 0 Å². The molecule has 2 fully saturated rings. The molecule has 0 aliphatic carbocycles. The quantitative estimate of drug-likeness (QED) is 0.561. The summed E-state index contributed by atoms with van der Waals surface area (Å²) in [5.41, 5.74) is 1.16. The van der Waals surface area contributed by atoms with Crippen LogP contribution >= 0.6 is 11.6 Å². The van der Waals surface area contributed by atoms with Crippen molar-refractivity contribution in [3.05, 3.63) is 34.3 Å².